The van der Waals surface area contributed by atoms with E-state index in [1.54, 1.807) is 0 Å². The topological polar surface area (TPSA) is 32.3 Å². The summed E-state index contributed by atoms with van der Waals surface area (Å²) in [5.41, 5.74) is 2.00. The summed E-state index contributed by atoms with van der Waals surface area (Å²) in [4.78, 5) is 14.9. The number of benzene rings is 1. The first-order chi connectivity index (χ1) is 11.3. The lowest BCUT2D eigenvalue weighted by Gasteiger charge is -2.31. The largest absolute Gasteiger partial charge is 0.333 e. The van der Waals surface area contributed by atoms with E-state index in [0.29, 0.717) is 6.17 Å². The number of rotatable bonds is 7. The lowest BCUT2D eigenvalue weighted by atomic mass is 10.2. The molecule has 0 radical (unpaired) electrons. The molecule has 0 atom stereocenters. The van der Waals surface area contributed by atoms with Crippen LogP contribution in [0, 0.1) is 0 Å². The Morgan fingerprint density at radius 1 is 0.833 bits per heavy atom. The number of nitrogens with zero attached hydrogens (tertiary/aromatic N) is 4. The second-order valence-corrected chi connectivity index (χ2v) is 6.34. The molecule has 1 aliphatic heterocycles. The third-order valence-corrected chi connectivity index (χ3v) is 4.67. The van der Waals surface area contributed by atoms with Crippen LogP contribution in [0.15, 0.2) is 24.3 Å². The number of para-hydroxylation sites is 2. The molecule has 132 valence electrons. The Hall–Kier alpha value is -1.55. The third-order valence-electron chi connectivity index (χ3n) is 4.67. The Morgan fingerprint density at radius 3 is 1.67 bits per heavy atom. The van der Waals surface area contributed by atoms with Crippen molar-refractivity contribution >= 4 is 35.1 Å². The average molecular weight is 349 g/mol. The van der Waals surface area contributed by atoms with Gasteiger partial charge in [-0.15, -0.1) is 12.4 Å². The third kappa shape index (κ3) is 3.44. The fourth-order valence-corrected chi connectivity index (χ4v) is 3.42. The summed E-state index contributed by atoms with van der Waals surface area (Å²) in [7, 11) is 0. The maximum atomic E-state index is 4.97. The molecular weight excluding hydrogens is 320 g/mol. The molecule has 0 unspecified atom stereocenters. The van der Waals surface area contributed by atoms with Crippen molar-refractivity contribution in [3.05, 3.63) is 24.3 Å². The Labute approximate surface area is 151 Å². The van der Waals surface area contributed by atoms with Crippen molar-refractivity contribution in [3.8, 4) is 0 Å². The summed E-state index contributed by atoms with van der Waals surface area (Å²) in [6.07, 6.45) is 6.32. The van der Waals surface area contributed by atoms with Crippen LogP contribution in [0.5, 0.6) is 0 Å². The number of anilines is 2. The molecule has 24 heavy (non-hydrogen) atoms. The minimum atomic E-state index is 0. The number of fused-ring (bicyclic) bond motifs is 2. The number of aromatic nitrogens is 2. The molecule has 0 spiro atoms. The van der Waals surface area contributed by atoms with E-state index in [0.717, 1.165) is 42.2 Å². The van der Waals surface area contributed by atoms with Crippen molar-refractivity contribution in [2.24, 2.45) is 0 Å². The van der Waals surface area contributed by atoms with Gasteiger partial charge in [0, 0.05) is 13.1 Å². The molecule has 0 saturated heterocycles. The molecule has 1 aromatic carbocycles. The Morgan fingerprint density at radius 2 is 1.29 bits per heavy atom. The Balaban J connectivity index is 0.00000208. The SMILES string of the molecule is CCCCN1c2nc3ccccc3nc2N(CCCC)C1CC.Cl. The Bertz CT molecular complexity index is 606. The molecule has 2 aromatic rings. The summed E-state index contributed by atoms with van der Waals surface area (Å²) >= 11 is 0. The predicted molar refractivity (Wildman–Crippen MR) is 105 cm³/mol. The maximum absolute atomic E-state index is 4.97. The molecule has 0 saturated carbocycles. The van der Waals surface area contributed by atoms with Gasteiger partial charge in [0.15, 0.2) is 11.6 Å². The van der Waals surface area contributed by atoms with E-state index in [9.17, 15) is 0 Å². The Kier molecular flexibility index (Phi) is 6.67. The van der Waals surface area contributed by atoms with Crippen molar-refractivity contribution in [2.75, 3.05) is 22.9 Å². The fourth-order valence-electron chi connectivity index (χ4n) is 3.42. The maximum Gasteiger partial charge on any atom is 0.174 e. The molecule has 0 amide bonds. The van der Waals surface area contributed by atoms with Gasteiger partial charge in [-0.3, -0.25) is 0 Å². The molecule has 0 aliphatic carbocycles. The second kappa shape index (κ2) is 8.52. The molecule has 0 N–H and O–H groups in total. The van der Waals surface area contributed by atoms with Crippen LogP contribution in [0.25, 0.3) is 11.0 Å². The van der Waals surface area contributed by atoms with Crippen LogP contribution >= 0.6 is 12.4 Å². The monoisotopic (exact) mass is 348 g/mol. The smallest absolute Gasteiger partial charge is 0.174 e. The van der Waals surface area contributed by atoms with Gasteiger partial charge in [-0.1, -0.05) is 45.7 Å². The van der Waals surface area contributed by atoms with Crippen molar-refractivity contribution in [2.45, 2.75) is 59.0 Å². The molecule has 1 aromatic heterocycles. The zero-order chi connectivity index (χ0) is 16.2. The summed E-state index contributed by atoms with van der Waals surface area (Å²) in [5, 5.41) is 0. The highest BCUT2D eigenvalue weighted by Gasteiger charge is 2.36. The predicted octanol–water partition coefficient (Wildman–Crippen LogP) is 5.01. The first-order valence-electron chi connectivity index (χ1n) is 9.10. The first-order valence-corrected chi connectivity index (χ1v) is 9.10. The van der Waals surface area contributed by atoms with E-state index in [1.165, 1.54) is 25.7 Å². The van der Waals surface area contributed by atoms with Crippen molar-refractivity contribution < 1.29 is 0 Å². The van der Waals surface area contributed by atoms with E-state index < -0.39 is 0 Å². The van der Waals surface area contributed by atoms with Gasteiger partial charge in [0.2, 0.25) is 0 Å². The number of hydrogen-bond donors (Lipinski definition) is 0. The van der Waals surface area contributed by atoms with E-state index in [4.69, 9.17) is 9.97 Å². The lowest BCUT2D eigenvalue weighted by Crippen LogP contribution is -2.44. The molecule has 0 fully saturated rings. The minimum absolute atomic E-state index is 0. The number of halogens is 1. The van der Waals surface area contributed by atoms with Gasteiger partial charge in [-0.2, -0.15) is 0 Å². The second-order valence-electron chi connectivity index (χ2n) is 6.34. The summed E-state index contributed by atoms with van der Waals surface area (Å²) < 4.78 is 0. The van der Waals surface area contributed by atoms with Crippen LogP contribution in [0.2, 0.25) is 0 Å². The fraction of sp³-hybridized carbons (Fsp3) is 0.579. The molecule has 1 aliphatic rings. The van der Waals surface area contributed by atoms with Gasteiger partial charge in [0.25, 0.3) is 0 Å². The standard InChI is InChI=1S/C19H28N4.ClH/c1-4-7-13-22-17(6-3)23(14-8-5-2)19-18(22)20-15-11-9-10-12-16(15)21-19;/h9-12,17H,4-8,13-14H2,1-3H3;1H. The molecular formula is C19H29ClN4. The summed E-state index contributed by atoms with van der Waals surface area (Å²) in [6, 6.07) is 8.22. The molecule has 2 heterocycles. The molecule has 0 bridgehead atoms. The molecule has 4 nitrogen and oxygen atoms in total. The highest BCUT2D eigenvalue weighted by Crippen LogP contribution is 2.39. The van der Waals surface area contributed by atoms with Crippen LogP contribution in [0.1, 0.15) is 52.9 Å². The van der Waals surface area contributed by atoms with E-state index >= 15 is 0 Å². The zero-order valence-electron chi connectivity index (χ0n) is 15.0. The van der Waals surface area contributed by atoms with E-state index in [-0.39, 0.29) is 12.4 Å². The van der Waals surface area contributed by atoms with E-state index in [1.807, 2.05) is 12.1 Å². The summed E-state index contributed by atoms with van der Waals surface area (Å²) in [6.45, 7) is 8.90. The van der Waals surface area contributed by atoms with Crippen LogP contribution in [0.3, 0.4) is 0 Å². The molecule has 5 heteroatoms. The van der Waals surface area contributed by atoms with Gasteiger partial charge in [0.1, 0.15) is 6.17 Å². The van der Waals surface area contributed by atoms with Gasteiger partial charge in [-0.05, 0) is 31.4 Å². The number of unbranched alkanes of at least 4 members (excludes halogenated alkanes) is 2. The zero-order valence-corrected chi connectivity index (χ0v) is 15.9. The average Bonchev–Trinajstić information content (AvgIpc) is 2.87. The van der Waals surface area contributed by atoms with Crippen LogP contribution in [0.4, 0.5) is 11.6 Å². The lowest BCUT2D eigenvalue weighted by molar-refractivity contribution is 0.539. The van der Waals surface area contributed by atoms with Crippen LogP contribution in [-0.2, 0) is 0 Å². The first kappa shape index (κ1) is 18.8. The quantitative estimate of drug-likeness (QED) is 0.703. The summed E-state index contributed by atoms with van der Waals surface area (Å²) in [5.74, 6) is 2.17. The van der Waals surface area contributed by atoms with Crippen molar-refractivity contribution in [3.63, 3.8) is 0 Å². The number of hydrogen-bond acceptors (Lipinski definition) is 4. The normalized spacial score (nSPS) is 14.1. The van der Waals surface area contributed by atoms with E-state index in [2.05, 4.69) is 42.7 Å². The highest BCUT2D eigenvalue weighted by atomic mass is 35.5. The van der Waals surface area contributed by atoms with Gasteiger partial charge < -0.3 is 9.80 Å². The highest BCUT2D eigenvalue weighted by molar-refractivity contribution is 5.85. The van der Waals surface area contributed by atoms with Gasteiger partial charge in [0.05, 0.1) is 11.0 Å². The molecule has 3 rings (SSSR count). The van der Waals surface area contributed by atoms with Crippen LogP contribution in [-0.4, -0.2) is 29.2 Å². The minimum Gasteiger partial charge on any atom is -0.333 e. The van der Waals surface area contributed by atoms with Gasteiger partial charge >= 0.3 is 0 Å². The van der Waals surface area contributed by atoms with Crippen molar-refractivity contribution in [1.29, 1.82) is 0 Å². The van der Waals surface area contributed by atoms with Crippen molar-refractivity contribution in [1.82, 2.24) is 9.97 Å². The van der Waals surface area contributed by atoms with Crippen LogP contribution < -0.4 is 9.80 Å². The van der Waals surface area contributed by atoms with Gasteiger partial charge in [-0.25, -0.2) is 9.97 Å².